The van der Waals surface area contributed by atoms with E-state index in [-0.39, 0.29) is 36.5 Å². The van der Waals surface area contributed by atoms with Gasteiger partial charge in [-0.15, -0.1) is 0 Å². The first-order valence-corrected chi connectivity index (χ1v) is 12.4. The molecule has 7 heteroatoms. The van der Waals surface area contributed by atoms with Crippen LogP contribution in [0.2, 0.25) is 0 Å². The van der Waals surface area contributed by atoms with E-state index in [1.807, 2.05) is 29.2 Å². The summed E-state index contributed by atoms with van der Waals surface area (Å²) >= 11 is 0. The molecular formula is C29H29FN4O2. The van der Waals surface area contributed by atoms with Crippen LogP contribution in [0.1, 0.15) is 29.9 Å². The fourth-order valence-electron chi connectivity index (χ4n) is 5.50. The maximum Gasteiger partial charge on any atom is 0.321 e. The molecular weight excluding hydrogens is 455 g/mol. The molecule has 36 heavy (non-hydrogen) atoms. The van der Waals surface area contributed by atoms with Gasteiger partial charge in [0.25, 0.3) is 0 Å². The van der Waals surface area contributed by atoms with Gasteiger partial charge in [-0.1, -0.05) is 36.4 Å². The quantitative estimate of drug-likeness (QED) is 0.557. The molecule has 2 N–H and O–H groups in total. The highest BCUT2D eigenvalue weighted by molar-refractivity contribution is 5.89. The van der Waals surface area contributed by atoms with Crippen molar-refractivity contribution in [2.45, 2.75) is 30.8 Å². The zero-order valence-corrected chi connectivity index (χ0v) is 20.0. The summed E-state index contributed by atoms with van der Waals surface area (Å²) in [5.74, 6) is -0.225. The number of aliphatic hydroxyl groups excluding tert-OH is 1. The van der Waals surface area contributed by atoms with Gasteiger partial charge in [0.05, 0.1) is 18.2 Å². The van der Waals surface area contributed by atoms with E-state index in [1.165, 1.54) is 12.1 Å². The van der Waals surface area contributed by atoms with E-state index in [9.17, 15) is 14.3 Å². The summed E-state index contributed by atoms with van der Waals surface area (Å²) in [7, 11) is 0. The highest BCUT2D eigenvalue weighted by Gasteiger charge is 2.49. The Morgan fingerprint density at radius 2 is 1.61 bits per heavy atom. The Morgan fingerprint density at radius 1 is 0.972 bits per heavy atom. The van der Waals surface area contributed by atoms with Gasteiger partial charge in [0.2, 0.25) is 0 Å². The van der Waals surface area contributed by atoms with Crippen LogP contribution >= 0.6 is 0 Å². The highest BCUT2D eigenvalue weighted by atomic mass is 19.1. The first-order chi connectivity index (χ1) is 17.6. The summed E-state index contributed by atoms with van der Waals surface area (Å²) in [6.45, 7) is 2.19. The fraction of sp³-hybridized carbons (Fsp3) is 0.310. The lowest BCUT2D eigenvalue weighted by Gasteiger charge is -2.57. The second kappa shape index (κ2) is 10.5. The number of anilines is 1. The van der Waals surface area contributed by atoms with Gasteiger partial charge in [0.1, 0.15) is 5.82 Å². The zero-order valence-electron chi connectivity index (χ0n) is 20.0. The van der Waals surface area contributed by atoms with Crippen LogP contribution in [0, 0.1) is 17.1 Å². The summed E-state index contributed by atoms with van der Waals surface area (Å²) in [6.07, 6.45) is 1.85. The van der Waals surface area contributed by atoms with E-state index in [1.54, 1.807) is 12.1 Å². The number of hydrogen-bond donors (Lipinski definition) is 2. The third-order valence-electron chi connectivity index (χ3n) is 7.40. The first kappa shape index (κ1) is 24.0. The van der Waals surface area contributed by atoms with Gasteiger partial charge in [0.15, 0.2) is 0 Å². The van der Waals surface area contributed by atoms with Crippen LogP contribution in [0.3, 0.4) is 0 Å². The fourth-order valence-corrected chi connectivity index (χ4v) is 5.50. The minimum Gasteiger partial charge on any atom is -0.395 e. The van der Waals surface area contributed by atoms with Crippen LogP contribution in [0.5, 0.6) is 0 Å². The molecule has 2 fully saturated rings. The Balaban J connectivity index is 1.33. The number of benzene rings is 3. The molecule has 184 valence electrons. The molecule has 6 nitrogen and oxygen atoms in total. The maximum atomic E-state index is 13.2. The Labute approximate surface area is 210 Å². The summed E-state index contributed by atoms with van der Waals surface area (Å²) < 4.78 is 13.2. The van der Waals surface area contributed by atoms with E-state index in [0.29, 0.717) is 24.3 Å². The number of nitrogens with one attached hydrogen (secondary N) is 1. The lowest BCUT2D eigenvalue weighted by molar-refractivity contribution is -0.0585. The standard InChI is InChI=1S/C29H29FN4O2/c30-24-11-13-25(14-12-24)32-29(36)33-15-1-2-16-34-26(18-33)28(27(34)19-35)23-9-7-22(8-10-23)21-5-3-20(17-31)4-6-21/h3-14,26-28,35H,1-2,15-16,18-19H2,(H,32,36)/t26-,27-,28-/m1/s1. The van der Waals surface area contributed by atoms with E-state index >= 15 is 0 Å². The van der Waals surface area contributed by atoms with Crippen molar-refractivity contribution in [3.05, 3.63) is 89.7 Å². The number of halogens is 1. The number of hydrogen-bond acceptors (Lipinski definition) is 4. The number of carbonyl (C=O) groups is 1. The topological polar surface area (TPSA) is 79.6 Å². The van der Waals surface area contributed by atoms with Crippen LogP contribution in [0.4, 0.5) is 14.9 Å². The van der Waals surface area contributed by atoms with Gasteiger partial charge in [-0.3, -0.25) is 4.90 Å². The van der Waals surface area contributed by atoms with Gasteiger partial charge in [-0.2, -0.15) is 5.26 Å². The molecule has 3 aromatic carbocycles. The third-order valence-corrected chi connectivity index (χ3v) is 7.40. The second-order valence-electron chi connectivity index (χ2n) is 9.48. The lowest BCUT2D eigenvalue weighted by Crippen LogP contribution is -2.68. The lowest BCUT2D eigenvalue weighted by atomic mass is 9.74. The molecule has 0 bridgehead atoms. The van der Waals surface area contributed by atoms with Crippen LogP contribution in [-0.2, 0) is 0 Å². The number of fused-ring (bicyclic) bond motifs is 1. The zero-order chi connectivity index (χ0) is 25.1. The van der Waals surface area contributed by atoms with Gasteiger partial charge in [-0.05, 0) is 72.5 Å². The molecule has 0 unspecified atom stereocenters. The number of carbonyl (C=O) groups excluding carboxylic acids is 1. The molecule has 0 spiro atoms. The first-order valence-electron chi connectivity index (χ1n) is 12.4. The number of amides is 2. The molecule has 0 saturated carbocycles. The number of aliphatic hydroxyl groups is 1. The van der Waals surface area contributed by atoms with Gasteiger partial charge in [0, 0.05) is 36.8 Å². The van der Waals surface area contributed by atoms with E-state index < -0.39 is 0 Å². The number of nitriles is 1. The van der Waals surface area contributed by atoms with Gasteiger partial charge in [-0.25, -0.2) is 9.18 Å². The minimum absolute atomic E-state index is 0.0240. The number of urea groups is 1. The molecule has 3 aromatic rings. The van der Waals surface area contributed by atoms with Crippen molar-refractivity contribution >= 4 is 11.7 Å². The predicted molar refractivity (Wildman–Crippen MR) is 137 cm³/mol. The van der Waals surface area contributed by atoms with Crippen molar-refractivity contribution in [1.82, 2.24) is 9.80 Å². The van der Waals surface area contributed by atoms with Crippen molar-refractivity contribution in [1.29, 1.82) is 5.26 Å². The summed E-state index contributed by atoms with van der Waals surface area (Å²) in [4.78, 5) is 17.2. The smallest absolute Gasteiger partial charge is 0.321 e. The van der Waals surface area contributed by atoms with Crippen LogP contribution in [0.15, 0.2) is 72.8 Å². The van der Waals surface area contributed by atoms with Crippen molar-refractivity contribution in [3.63, 3.8) is 0 Å². The van der Waals surface area contributed by atoms with Crippen LogP contribution in [0.25, 0.3) is 11.1 Å². The van der Waals surface area contributed by atoms with Crippen molar-refractivity contribution < 1.29 is 14.3 Å². The Hall–Kier alpha value is -3.73. The summed E-state index contributed by atoms with van der Waals surface area (Å²) in [5.41, 5.74) is 4.46. The average Bonchev–Trinajstić information content (AvgIpc) is 2.89. The minimum atomic E-state index is -0.340. The molecule has 0 aromatic heterocycles. The normalized spacial score (nSPS) is 21.9. The summed E-state index contributed by atoms with van der Waals surface area (Å²) in [6, 6.07) is 23.8. The molecule has 0 aliphatic carbocycles. The molecule has 2 aliphatic rings. The SMILES string of the molecule is N#Cc1ccc(-c2ccc([C@H]3[C@@H](CO)N4CCCCN(C(=O)Nc5ccc(F)cc5)C[C@H]34)cc2)cc1. The van der Waals surface area contributed by atoms with Crippen LogP contribution in [-0.4, -0.2) is 59.3 Å². The second-order valence-corrected chi connectivity index (χ2v) is 9.48. The average molecular weight is 485 g/mol. The Morgan fingerprint density at radius 3 is 2.25 bits per heavy atom. The van der Waals surface area contributed by atoms with E-state index in [2.05, 4.69) is 40.6 Å². The highest BCUT2D eigenvalue weighted by Crippen LogP contribution is 2.42. The maximum absolute atomic E-state index is 13.2. The summed E-state index contributed by atoms with van der Waals surface area (Å²) in [5, 5.41) is 22.1. The van der Waals surface area contributed by atoms with E-state index in [0.717, 1.165) is 36.1 Å². The molecule has 2 aliphatic heterocycles. The van der Waals surface area contributed by atoms with Crippen molar-refractivity contribution in [3.8, 4) is 17.2 Å². The van der Waals surface area contributed by atoms with Crippen molar-refractivity contribution in [2.75, 3.05) is 31.6 Å². The Bertz CT molecular complexity index is 1240. The van der Waals surface area contributed by atoms with Crippen molar-refractivity contribution in [2.24, 2.45) is 0 Å². The Kier molecular flexibility index (Phi) is 6.99. The molecule has 0 radical (unpaired) electrons. The largest absolute Gasteiger partial charge is 0.395 e. The molecule has 5 rings (SSSR count). The molecule has 2 saturated heterocycles. The number of rotatable bonds is 4. The van der Waals surface area contributed by atoms with Gasteiger partial charge < -0.3 is 15.3 Å². The van der Waals surface area contributed by atoms with E-state index in [4.69, 9.17) is 5.26 Å². The monoisotopic (exact) mass is 484 g/mol. The third kappa shape index (κ3) is 4.83. The predicted octanol–water partition coefficient (Wildman–Crippen LogP) is 4.82. The van der Waals surface area contributed by atoms with Crippen LogP contribution < -0.4 is 5.32 Å². The molecule has 2 amide bonds. The number of nitrogens with zero attached hydrogens (tertiary/aromatic N) is 3. The van der Waals surface area contributed by atoms with Gasteiger partial charge >= 0.3 is 6.03 Å². The molecule has 2 heterocycles. The molecule has 3 atom stereocenters.